The van der Waals surface area contributed by atoms with Crippen molar-refractivity contribution in [1.82, 2.24) is 4.90 Å². The number of benzene rings is 1. The van der Waals surface area contributed by atoms with Gasteiger partial charge in [-0.15, -0.1) is 0 Å². The van der Waals surface area contributed by atoms with E-state index in [9.17, 15) is 14.0 Å². The zero-order valence-corrected chi connectivity index (χ0v) is 11.9. The van der Waals surface area contributed by atoms with E-state index in [1.807, 2.05) is 0 Å². The maximum absolute atomic E-state index is 13.0. The highest BCUT2D eigenvalue weighted by atomic mass is 19.1. The molecule has 2 fully saturated rings. The van der Waals surface area contributed by atoms with E-state index >= 15 is 0 Å². The van der Waals surface area contributed by atoms with Crippen molar-refractivity contribution in [2.24, 2.45) is 5.92 Å². The van der Waals surface area contributed by atoms with Crippen molar-refractivity contribution < 1.29 is 18.7 Å². The number of methoxy groups -OCH3 is 1. The van der Waals surface area contributed by atoms with Gasteiger partial charge in [0.2, 0.25) is 0 Å². The smallest absolute Gasteiger partial charge is 0.317 e. The van der Waals surface area contributed by atoms with Crippen molar-refractivity contribution in [3.05, 3.63) is 35.6 Å². The molecule has 5 heteroatoms. The number of carbonyl (C=O) groups excluding carboxylic acids is 2. The Labute approximate surface area is 122 Å². The molecule has 112 valence electrons. The van der Waals surface area contributed by atoms with E-state index in [1.165, 1.54) is 19.2 Å². The number of carbonyl (C=O) groups is 2. The van der Waals surface area contributed by atoms with Crippen molar-refractivity contribution in [2.75, 3.05) is 7.11 Å². The van der Waals surface area contributed by atoms with Crippen LogP contribution in [0.1, 0.15) is 24.8 Å². The van der Waals surface area contributed by atoms with Crippen LogP contribution in [0.15, 0.2) is 24.3 Å². The summed E-state index contributed by atoms with van der Waals surface area (Å²) < 4.78 is 17.8. The molecule has 2 heterocycles. The molecule has 4 nitrogen and oxygen atoms in total. The molecule has 0 radical (unpaired) electrons. The molecule has 0 amide bonds. The number of ketones is 1. The number of halogens is 1. The fourth-order valence-electron chi connectivity index (χ4n) is 3.58. The van der Waals surface area contributed by atoms with Crippen molar-refractivity contribution in [2.45, 2.75) is 37.9 Å². The lowest BCUT2D eigenvalue weighted by atomic mass is 9.88. The molecule has 2 aliphatic rings. The molecule has 21 heavy (non-hydrogen) atoms. The van der Waals surface area contributed by atoms with Crippen LogP contribution in [-0.2, 0) is 20.9 Å². The highest BCUT2D eigenvalue weighted by Gasteiger charge is 2.50. The first-order valence-electron chi connectivity index (χ1n) is 7.21. The molecule has 3 atom stereocenters. The second-order valence-electron chi connectivity index (χ2n) is 5.77. The van der Waals surface area contributed by atoms with Gasteiger partial charge in [-0.05, 0) is 30.5 Å². The Morgan fingerprint density at radius 2 is 2.05 bits per heavy atom. The topological polar surface area (TPSA) is 46.6 Å². The molecule has 1 aromatic carbocycles. The average molecular weight is 291 g/mol. The quantitative estimate of drug-likeness (QED) is 0.630. The molecule has 2 bridgehead atoms. The van der Waals surface area contributed by atoms with Gasteiger partial charge in [-0.3, -0.25) is 14.5 Å². The monoisotopic (exact) mass is 291 g/mol. The SMILES string of the molecule is COC(=O)[C@@H]1C(=O)C[C@H]2CC[C@H]1N2Cc1ccc(F)cc1. The third kappa shape index (κ3) is 2.58. The molecule has 2 saturated heterocycles. The lowest BCUT2D eigenvalue weighted by Crippen LogP contribution is -2.51. The molecule has 1 aromatic rings. The molecule has 0 spiro atoms. The van der Waals surface area contributed by atoms with Crippen molar-refractivity contribution in [3.63, 3.8) is 0 Å². The molecular weight excluding hydrogens is 273 g/mol. The van der Waals surface area contributed by atoms with E-state index in [0.717, 1.165) is 18.4 Å². The normalized spacial score (nSPS) is 28.7. The fraction of sp³-hybridized carbons (Fsp3) is 0.500. The van der Waals surface area contributed by atoms with Gasteiger partial charge in [-0.2, -0.15) is 0 Å². The maximum Gasteiger partial charge on any atom is 0.317 e. The van der Waals surface area contributed by atoms with Gasteiger partial charge in [0.1, 0.15) is 17.5 Å². The summed E-state index contributed by atoms with van der Waals surface area (Å²) in [5, 5.41) is 0. The number of piperidine rings is 1. The number of Topliss-reactive ketones (excluding diaryl/α,β-unsaturated/α-hetero) is 1. The minimum Gasteiger partial charge on any atom is -0.468 e. The van der Waals surface area contributed by atoms with Gasteiger partial charge in [0.15, 0.2) is 0 Å². The van der Waals surface area contributed by atoms with Gasteiger partial charge in [0, 0.05) is 25.0 Å². The third-order valence-corrected chi connectivity index (χ3v) is 4.59. The van der Waals surface area contributed by atoms with Gasteiger partial charge >= 0.3 is 5.97 Å². The number of nitrogens with zero attached hydrogens (tertiary/aromatic N) is 1. The molecular formula is C16H18FNO3. The molecule has 0 unspecified atom stereocenters. The zero-order chi connectivity index (χ0) is 15.0. The first-order chi connectivity index (χ1) is 10.1. The van der Waals surface area contributed by atoms with Crippen molar-refractivity contribution in [1.29, 1.82) is 0 Å². The van der Waals surface area contributed by atoms with Crippen LogP contribution in [0.5, 0.6) is 0 Å². The largest absolute Gasteiger partial charge is 0.468 e. The second kappa shape index (κ2) is 5.56. The van der Waals surface area contributed by atoms with Crippen LogP contribution in [0.25, 0.3) is 0 Å². The van der Waals surface area contributed by atoms with Gasteiger partial charge in [-0.1, -0.05) is 12.1 Å². The van der Waals surface area contributed by atoms with Crippen LogP contribution in [0.4, 0.5) is 4.39 Å². The van der Waals surface area contributed by atoms with Gasteiger partial charge < -0.3 is 4.74 Å². The number of ether oxygens (including phenoxy) is 1. The Balaban J connectivity index is 1.81. The summed E-state index contributed by atoms with van der Waals surface area (Å²) in [6.07, 6.45) is 2.15. The predicted octanol–water partition coefficient (Wildman–Crippen LogP) is 1.92. The minimum absolute atomic E-state index is 0.00953. The van der Waals surface area contributed by atoms with E-state index in [0.29, 0.717) is 13.0 Å². The third-order valence-electron chi connectivity index (χ3n) is 4.59. The molecule has 3 rings (SSSR count). The Morgan fingerprint density at radius 1 is 1.33 bits per heavy atom. The Kier molecular flexibility index (Phi) is 3.76. The fourth-order valence-corrected chi connectivity index (χ4v) is 3.58. The van der Waals surface area contributed by atoms with E-state index in [4.69, 9.17) is 4.74 Å². The first kappa shape index (κ1) is 14.2. The van der Waals surface area contributed by atoms with E-state index in [1.54, 1.807) is 12.1 Å². The van der Waals surface area contributed by atoms with E-state index in [2.05, 4.69) is 4.90 Å². The Hall–Kier alpha value is -1.75. The Morgan fingerprint density at radius 3 is 2.71 bits per heavy atom. The summed E-state index contributed by atoms with van der Waals surface area (Å²) >= 11 is 0. The molecule has 0 N–H and O–H groups in total. The number of fused-ring (bicyclic) bond motifs is 2. The lowest BCUT2D eigenvalue weighted by molar-refractivity contribution is -0.154. The minimum atomic E-state index is -0.672. The van der Waals surface area contributed by atoms with Crippen LogP contribution < -0.4 is 0 Å². The van der Waals surface area contributed by atoms with Gasteiger partial charge in [-0.25, -0.2) is 4.39 Å². The highest BCUT2D eigenvalue weighted by molar-refractivity contribution is 6.00. The van der Waals surface area contributed by atoms with Crippen molar-refractivity contribution >= 4 is 11.8 Å². The number of hydrogen-bond acceptors (Lipinski definition) is 4. The standard InChI is InChI=1S/C16H18FNO3/c1-21-16(20)15-13-7-6-12(8-14(15)19)18(13)9-10-2-4-11(17)5-3-10/h2-5,12-13,15H,6-9H2,1H3/t12-,13-,15+/m1/s1. The number of rotatable bonds is 3. The van der Waals surface area contributed by atoms with Crippen molar-refractivity contribution in [3.8, 4) is 0 Å². The zero-order valence-electron chi connectivity index (χ0n) is 11.9. The molecule has 2 aliphatic heterocycles. The van der Waals surface area contributed by atoms with Gasteiger partial charge in [0.25, 0.3) is 0 Å². The summed E-state index contributed by atoms with van der Waals surface area (Å²) in [6, 6.07) is 6.47. The summed E-state index contributed by atoms with van der Waals surface area (Å²) in [5.41, 5.74) is 0.992. The highest BCUT2D eigenvalue weighted by Crippen LogP contribution is 2.38. The van der Waals surface area contributed by atoms with E-state index < -0.39 is 11.9 Å². The summed E-state index contributed by atoms with van der Waals surface area (Å²) in [4.78, 5) is 26.2. The van der Waals surface area contributed by atoms with Crippen LogP contribution in [-0.4, -0.2) is 35.8 Å². The maximum atomic E-state index is 13.0. The molecule has 0 aromatic heterocycles. The summed E-state index contributed by atoms with van der Waals surface area (Å²) in [7, 11) is 1.32. The van der Waals surface area contributed by atoms with E-state index in [-0.39, 0.29) is 23.7 Å². The van der Waals surface area contributed by atoms with Crippen LogP contribution in [0.2, 0.25) is 0 Å². The Bertz CT molecular complexity index is 557. The van der Waals surface area contributed by atoms with Crippen LogP contribution in [0.3, 0.4) is 0 Å². The number of esters is 1. The van der Waals surface area contributed by atoms with Crippen LogP contribution in [0, 0.1) is 11.7 Å². The molecule has 0 aliphatic carbocycles. The van der Waals surface area contributed by atoms with Crippen LogP contribution >= 0.6 is 0 Å². The number of hydrogen-bond donors (Lipinski definition) is 0. The second-order valence-corrected chi connectivity index (χ2v) is 5.77. The predicted molar refractivity (Wildman–Crippen MR) is 73.9 cm³/mol. The average Bonchev–Trinajstić information content (AvgIpc) is 2.75. The summed E-state index contributed by atoms with van der Waals surface area (Å²) in [6.45, 7) is 0.635. The first-order valence-corrected chi connectivity index (χ1v) is 7.21. The summed E-state index contributed by atoms with van der Waals surface area (Å²) in [5.74, 6) is -1.38. The lowest BCUT2D eigenvalue weighted by Gasteiger charge is -2.37. The molecule has 0 saturated carbocycles. The van der Waals surface area contributed by atoms with Gasteiger partial charge in [0.05, 0.1) is 7.11 Å².